The van der Waals surface area contributed by atoms with E-state index in [1.807, 2.05) is 25.3 Å². The molecule has 0 aliphatic heterocycles. The maximum atomic E-state index is 11.9. The van der Waals surface area contributed by atoms with E-state index in [4.69, 9.17) is 0 Å². The van der Waals surface area contributed by atoms with Crippen molar-refractivity contribution in [3.8, 4) is 0 Å². The number of amides is 2. The third kappa shape index (κ3) is 3.68. The first-order chi connectivity index (χ1) is 9.56. The van der Waals surface area contributed by atoms with Crippen molar-refractivity contribution in [3.05, 3.63) is 46.7 Å². The molecule has 0 aliphatic carbocycles. The fraction of sp³-hybridized carbons (Fsp3) is 0.200. The number of anilines is 2. The lowest BCUT2D eigenvalue weighted by Crippen LogP contribution is -2.17. The minimum atomic E-state index is -0.126. The normalized spacial score (nSPS) is 10.3. The molecule has 2 rings (SSSR count). The van der Waals surface area contributed by atoms with Gasteiger partial charge in [-0.1, -0.05) is 19.9 Å². The fourth-order valence-electron chi connectivity index (χ4n) is 1.52. The van der Waals surface area contributed by atoms with Crippen molar-refractivity contribution in [1.29, 1.82) is 0 Å². The topological polar surface area (TPSA) is 58.2 Å². The van der Waals surface area contributed by atoms with Crippen LogP contribution in [0.25, 0.3) is 0 Å². The molecule has 5 heteroatoms. The van der Waals surface area contributed by atoms with Gasteiger partial charge in [0.25, 0.3) is 5.91 Å². The first-order valence-corrected chi connectivity index (χ1v) is 7.20. The van der Waals surface area contributed by atoms with Crippen LogP contribution in [0.1, 0.15) is 23.5 Å². The highest BCUT2D eigenvalue weighted by Gasteiger charge is 2.08. The molecule has 0 unspecified atom stereocenters. The van der Waals surface area contributed by atoms with Gasteiger partial charge >= 0.3 is 0 Å². The molecule has 1 heterocycles. The van der Waals surface area contributed by atoms with Crippen LogP contribution in [0.2, 0.25) is 0 Å². The standard InChI is InChI=1S/C15H16N2O2S/c1-10(2)14(18)16-11-5-7-12(8-6-11)17-15(19)13-4-3-9-20-13/h3-10H,1-2H3,(H,16,18)(H,17,19). The zero-order valence-electron chi connectivity index (χ0n) is 11.3. The molecule has 0 atom stereocenters. The Hall–Kier alpha value is -2.14. The summed E-state index contributed by atoms with van der Waals surface area (Å²) in [6.07, 6.45) is 0. The number of benzene rings is 1. The van der Waals surface area contributed by atoms with Crippen LogP contribution in [0.5, 0.6) is 0 Å². The minimum absolute atomic E-state index is 0.0274. The van der Waals surface area contributed by atoms with Gasteiger partial charge in [0.1, 0.15) is 0 Å². The molecule has 2 aromatic rings. The van der Waals surface area contributed by atoms with E-state index in [9.17, 15) is 9.59 Å². The fourth-order valence-corrected chi connectivity index (χ4v) is 2.14. The molecule has 0 radical (unpaired) electrons. The summed E-state index contributed by atoms with van der Waals surface area (Å²) in [6, 6.07) is 10.7. The summed E-state index contributed by atoms with van der Waals surface area (Å²) in [5.74, 6) is -0.215. The molecule has 104 valence electrons. The quantitative estimate of drug-likeness (QED) is 0.903. The number of thiophene rings is 1. The van der Waals surface area contributed by atoms with Crippen LogP contribution in [-0.4, -0.2) is 11.8 Å². The monoisotopic (exact) mass is 288 g/mol. The molecular formula is C15H16N2O2S. The molecule has 2 amide bonds. The van der Waals surface area contributed by atoms with E-state index in [1.54, 1.807) is 30.3 Å². The molecule has 2 N–H and O–H groups in total. The lowest BCUT2D eigenvalue weighted by molar-refractivity contribution is -0.118. The van der Waals surface area contributed by atoms with Crippen LogP contribution in [0.15, 0.2) is 41.8 Å². The smallest absolute Gasteiger partial charge is 0.265 e. The maximum absolute atomic E-state index is 11.9. The molecule has 1 aromatic heterocycles. The van der Waals surface area contributed by atoms with Gasteiger partial charge in [-0.25, -0.2) is 0 Å². The third-order valence-electron chi connectivity index (χ3n) is 2.68. The Morgan fingerprint density at radius 1 is 1.00 bits per heavy atom. The van der Waals surface area contributed by atoms with E-state index in [2.05, 4.69) is 10.6 Å². The average molecular weight is 288 g/mol. The summed E-state index contributed by atoms with van der Waals surface area (Å²) in [7, 11) is 0. The van der Waals surface area contributed by atoms with Gasteiger partial charge in [0.05, 0.1) is 4.88 Å². The average Bonchev–Trinajstić information content (AvgIpc) is 2.95. The SMILES string of the molecule is CC(C)C(=O)Nc1ccc(NC(=O)c2cccs2)cc1. The summed E-state index contributed by atoms with van der Waals surface area (Å²) in [4.78, 5) is 24.1. The third-order valence-corrected chi connectivity index (χ3v) is 3.55. The zero-order chi connectivity index (χ0) is 14.5. The van der Waals surface area contributed by atoms with Crippen molar-refractivity contribution in [2.45, 2.75) is 13.8 Å². The number of rotatable bonds is 4. The molecule has 20 heavy (non-hydrogen) atoms. The summed E-state index contributed by atoms with van der Waals surface area (Å²) in [5.41, 5.74) is 1.42. The lowest BCUT2D eigenvalue weighted by atomic mass is 10.2. The van der Waals surface area contributed by atoms with E-state index < -0.39 is 0 Å². The second-order valence-electron chi connectivity index (χ2n) is 4.65. The highest BCUT2D eigenvalue weighted by Crippen LogP contribution is 2.16. The summed E-state index contributed by atoms with van der Waals surface area (Å²) in [5, 5.41) is 7.47. The van der Waals surface area contributed by atoms with Gasteiger partial charge in [-0.15, -0.1) is 11.3 Å². The Kier molecular flexibility index (Phi) is 4.53. The second kappa shape index (κ2) is 6.34. The molecular weight excluding hydrogens is 272 g/mol. The highest BCUT2D eigenvalue weighted by atomic mass is 32.1. The number of hydrogen-bond donors (Lipinski definition) is 2. The van der Waals surface area contributed by atoms with Crippen molar-refractivity contribution in [2.24, 2.45) is 5.92 Å². The Labute approximate surface area is 121 Å². The number of hydrogen-bond acceptors (Lipinski definition) is 3. The van der Waals surface area contributed by atoms with Crippen LogP contribution in [-0.2, 0) is 4.79 Å². The van der Waals surface area contributed by atoms with Crippen molar-refractivity contribution in [2.75, 3.05) is 10.6 Å². The minimum Gasteiger partial charge on any atom is -0.326 e. The Morgan fingerprint density at radius 2 is 1.60 bits per heavy atom. The first kappa shape index (κ1) is 14.3. The number of carbonyl (C=O) groups is 2. The Morgan fingerprint density at radius 3 is 2.10 bits per heavy atom. The van der Waals surface area contributed by atoms with Crippen LogP contribution in [0.4, 0.5) is 11.4 Å². The van der Waals surface area contributed by atoms with E-state index in [0.29, 0.717) is 10.6 Å². The predicted molar refractivity (Wildman–Crippen MR) is 82.2 cm³/mol. The molecule has 0 saturated heterocycles. The summed E-state index contributed by atoms with van der Waals surface area (Å²) in [6.45, 7) is 3.68. The molecule has 0 saturated carbocycles. The first-order valence-electron chi connectivity index (χ1n) is 6.32. The molecule has 1 aromatic carbocycles. The Bertz CT molecular complexity index is 589. The molecule has 0 bridgehead atoms. The van der Waals surface area contributed by atoms with Gasteiger partial charge in [0.2, 0.25) is 5.91 Å². The highest BCUT2D eigenvalue weighted by molar-refractivity contribution is 7.12. The van der Waals surface area contributed by atoms with E-state index >= 15 is 0 Å². The lowest BCUT2D eigenvalue weighted by Gasteiger charge is -2.09. The Balaban J connectivity index is 1.98. The van der Waals surface area contributed by atoms with E-state index in [1.165, 1.54) is 11.3 Å². The van der Waals surface area contributed by atoms with Crippen molar-refractivity contribution >= 4 is 34.5 Å². The molecule has 4 nitrogen and oxygen atoms in total. The van der Waals surface area contributed by atoms with Crippen LogP contribution in [0.3, 0.4) is 0 Å². The number of carbonyl (C=O) groups excluding carboxylic acids is 2. The van der Waals surface area contributed by atoms with Crippen LogP contribution >= 0.6 is 11.3 Å². The predicted octanol–water partition coefficient (Wildman–Crippen LogP) is 3.59. The zero-order valence-corrected chi connectivity index (χ0v) is 12.2. The van der Waals surface area contributed by atoms with Crippen molar-refractivity contribution in [3.63, 3.8) is 0 Å². The van der Waals surface area contributed by atoms with Crippen LogP contribution in [0, 0.1) is 5.92 Å². The number of nitrogens with one attached hydrogen (secondary N) is 2. The largest absolute Gasteiger partial charge is 0.326 e. The van der Waals surface area contributed by atoms with Gasteiger partial charge in [0, 0.05) is 17.3 Å². The van der Waals surface area contributed by atoms with Crippen LogP contribution < -0.4 is 10.6 Å². The van der Waals surface area contributed by atoms with Crippen molar-refractivity contribution < 1.29 is 9.59 Å². The summed E-state index contributed by atoms with van der Waals surface area (Å²) < 4.78 is 0. The van der Waals surface area contributed by atoms with E-state index in [0.717, 1.165) is 5.69 Å². The summed E-state index contributed by atoms with van der Waals surface area (Å²) >= 11 is 1.40. The van der Waals surface area contributed by atoms with Gasteiger partial charge in [0.15, 0.2) is 0 Å². The molecule has 0 fully saturated rings. The molecule has 0 aliphatic rings. The second-order valence-corrected chi connectivity index (χ2v) is 5.60. The van der Waals surface area contributed by atoms with Gasteiger partial charge in [-0.2, -0.15) is 0 Å². The van der Waals surface area contributed by atoms with E-state index in [-0.39, 0.29) is 17.7 Å². The van der Waals surface area contributed by atoms with Gasteiger partial charge in [-0.3, -0.25) is 9.59 Å². The maximum Gasteiger partial charge on any atom is 0.265 e. The van der Waals surface area contributed by atoms with Gasteiger partial charge in [-0.05, 0) is 35.7 Å². The van der Waals surface area contributed by atoms with Gasteiger partial charge < -0.3 is 10.6 Å². The molecule has 0 spiro atoms. The van der Waals surface area contributed by atoms with Crippen molar-refractivity contribution in [1.82, 2.24) is 0 Å².